The van der Waals surface area contributed by atoms with Crippen LogP contribution in [-0.2, 0) is 4.79 Å². The highest BCUT2D eigenvalue weighted by molar-refractivity contribution is 9.10. The lowest BCUT2D eigenvalue weighted by Gasteiger charge is -2.32. The van der Waals surface area contributed by atoms with Crippen molar-refractivity contribution in [3.8, 4) is 0 Å². The molecule has 0 aromatic carbocycles. The van der Waals surface area contributed by atoms with E-state index < -0.39 is 0 Å². The predicted molar refractivity (Wildman–Crippen MR) is 81.4 cm³/mol. The molecule has 2 aromatic heterocycles. The standard InChI is InChI=1S/C14H15BrN4O/c15-10-7-11-13(18-8-10)12(1-4-17-11)19-5-2-9(3-6-19)14(16)20/h1,4,7-9H,2-3,5-6H2,(H2,16,20). The topological polar surface area (TPSA) is 72.1 Å². The van der Waals surface area contributed by atoms with Gasteiger partial charge in [0.1, 0.15) is 5.52 Å². The Bertz CT molecular complexity index is 653. The molecule has 0 bridgehead atoms. The van der Waals surface area contributed by atoms with Crippen molar-refractivity contribution in [1.29, 1.82) is 0 Å². The minimum absolute atomic E-state index is 0.00135. The lowest BCUT2D eigenvalue weighted by atomic mass is 9.96. The van der Waals surface area contributed by atoms with E-state index in [0.717, 1.165) is 47.1 Å². The SMILES string of the molecule is NC(=O)C1CCN(c2ccnc3cc(Br)cnc23)CC1. The Morgan fingerprint density at radius 1 is 1.35 bits per heavy atom. The summed E-state index contributed by atoms with van der Waals surface area (Å²) in [6.07, 6.45) is 5.18. The summed E-state index contributed by atoms with van der Waals surface area (Å²) in [6.45, 7) is 1.65. The average molecular weight is 335 g/mol. The van der Waals surface area contributed by atoms with Crippen molar-refractivity contribution < 1.29 is 4.79 Å². The summed E-state index contributed by atoms with van der Waals surface area (Å²) < 4.78 is 0.919. The molecule has 2 aromatic rings. The predicted octanol–water partition coefficient (Wildman–Crippen LogP) is 2.09. The second kappa shape index (κ2) is 5.36. The van der Waals surface area contributed by atoms with E-state index in [1.807, 2.05) is 12.1 Å². The third kappa shape index (κ3) is 2.47. The van der Waals surface area contributed by atoms with Crippen LogP contribution < -0.4 is 10.6 Å². The third-order valence-electron chi connectivity index (χ3n) is 3.76. The molecule has 0 radical (unpaired) electrons. The zero-order valence-corrected chi connectivity index (χ0v) is 12.5. The van der Waals surface area contributed by atoms with Gasteiger partial charge in [-0.1, -0.05) is 0 Å². The molecule has 1 aliphatic rings. The maximum absolute atomic E-state index is 11.2. The van der Waals surface area contributed by atoms with Gasteiger partial charge in [0.15, 0.2) is 0 Å². The van der Waals surface area contributed by atoms with Crippen LogP contribution in [0.2, 0.25) is 0 Å². The molecule has 6 heteroatoms. The van der Waals surface area contributed by atoms with Gasteiger partial charge < -0.3 is 10.6 Å². The third-order valence-corrected chi connectivity index (χ3v) is 4.19. The molecule has 5 nitrogen and oxygen atoms in total. The van der Waals surface area contributed by atoms with Crippen molar-refractivity contribution >= 4 is 38.6 Å². The van der Waals surface area contributed by atoms with Crippen LogP contribution in [0, 0.1) is 5.92 Å². The van der Waals surface area contributed by atoms with E-state index in [0.29, 0.717) is 0 Å². The van der Waals surface area contributed by atoms with Gasteiger partial charge in [0.2, 0.25) is 5.91 Å². The average Bonchev–Trinajstić information content (AvgIpc) is 2.46. The molecule has 1 amide bonds. The number of carbonyl (C=O) groups excluding carboxylic acids is 1. The number of pyridine rings is 2. The van der Waals surface area contributed by atoms with Gasteiger partial charge in [0.05, 0.1) is 11.2 Å². The first-order chi connectivity index (χ1) is 9.65. The quantitative estimate of drug-likeness (QED) is 0.912. The number of hydrogen-bond acceptors (Lipinski definition) is 4. The van der Waals surface area contributed by atoms with Gasteiger partial charge >= 0.3 is 0 Å². The van der Waals surface area contributed by atoms with E-state index >= 15 is 0 Å². The molecule has 0 spiro atoms. The number of fused-ring (bicyclic) bond motifs is 1. The molecule has 0 unspecified atom stereocenters. The molecular formula is C14H15BrN4O. The summed E-state index contributed by atoms with van der Waals surface area (Å²) in [5.74, 6) is -0.187. The highest BCUT2D eigenvalue weighted by Crippen LogP contribution is 2.28. The highest BCUT2D eigenvalue weighted by atomic mass is 79.9. The summed E-state index contributed by atoms with van der Waals surface area (Å²) in [4.78, 5) is 22.3. The van der Waals surface area contributed by atoms with Crippen LogP contribution >= 0.6 is 15.9 Å². The zero-order chi connectivity index (χ0) is 14.1. The molecule has 0 atom stereocenters. The molecule has 0 aliphatic carbocycles. The van der Waals surface area contributed by atoms with Crippen molar-refractivity contribution in [1.82, 2.24) is 9.97 Å². The number of nitrogens with zero attached hydrogens (tertiary/aromatic N) is 3. The number of rotatable bonds is 2. The largest absolute Gasteiger partial charge is 0.370 e. The van der Waals surface area contributed by atoms with Crippen LogP contribution in [-0.4, -0.2) is 29.0 Å². The second-order valence-electron chi connectivity index (χ2n) is 5.02. The number of amides is 1. The number of hydrogen-bond donors (Lipinski definition) is 1. The Kier molecular flexibility index (Phi) is 3.56. The molecule has 20 heavy (non-hydrogen) atoms. The lowest BCUT2D eigenvalue weighted by Crippen LogP contribution is -2.38. The van der Waals surface area contributed by atoms with E-state index in [-0.39, 0.29) is 11.8 Å². The van der Waals surface area contributed by atoms with Gasteiger partial charge in [-0.25, -0.2) is 0 Å². The number of primary amides is 1. The molecule has 1 aliphatic heterocycles. The Hall–Kier alpha value is -1.69. The van der Waals surface area contributed by atoms with Gasteiger partial charge in [0, 0.05) is 35.9 Å². The molecule has 1 saturated heterocycles. The minimum Gasteiger partial charge on any atom is -0.370 e. The van der Waals surface area contributed by atoms with Gasteiger partial charge in [-0.15, -0.1) is 0 Å². The van der Waals surface area contributed by atoms with Crippen molar-refractivity contribution in [3.05, 3.63) is 29.0 Å². The molecular weight excluding hydrogens is 320 g/mol. The molecule has 0 saturated carbocycles. The number of nitrogens with two attached hydrogens (primary N) is 1. The smallest absolute Gasteiger partial charge is 0.220 e. The van der Waals surface area contributed by atoms with Crippen LogP contribution in [0.25, 0.3) is 11.0 Å². The number of carbonyl (C=O) groups is 1. The monoisotopic (exact) mass is 334 g/mol. The maximum atomic E-state index is 11.2. The van der Waals surface area contributed by atoms with Gasteiger partial charge in [-0.05, 0) is 40.9 Å². The summed E-state index contributed by atoms with van der Waals surface area (Å²) in [5.41, 5.74) is 8.21. The summed E-state index contributed by atoms with van der Waals surface area (Å²) in [7, 11) is 0. The lowest BCUT2D eigenvalue weighted by molar-refractivity contribution is -0.122. The summed E-state index contributed by atoms with van der Waals surface area (Å²) in [6, 6.07) is 3.94. The number of halogens is 1. The van der Waals surface area contributed by atoms with Crippen molar-refractivity contribution in [2.45, 2.75) is 12.8 Å². The maximum Gasteiger partial charge on any atom is 0.220 e. The Morgan fingerprint density at radius 3 is 2.80 bits per heavy atom. The van der Waals surface area contributed by atoms with Gasteiger partial charge in [-0.2, -0.15) is 0 Å². The summed E-state index contributed by atoms with van der Waals surface area (Å²) >= 11 is 3.41. The molecule has 3 rings (SSSR count). The Morgan fingerprint density at radius 2 is 2.10 bits per heavy atom. The fourth-order valence-electron chi connectivity index (χ4n) is 2.65. The van der Waals surface area contributed by atoms with Gasteiger partial charge in [-0.3, -0.25) is 14.8 Å². The van der Waals surface area contributed by atoms with E-state index in [1.54, 1.807) is 12.4 Å². The van der Waals surface area contributed by atoms with Crippen LogP contribution in [0.4, 0.5) is 5.69 Å². The van der Waals surface area contributed by atoms with Crippen molar-refractivity contribution in [2.75, 3.05) is 18.0 Å². The highest BCUT2D eigenvalue weighted by Gasteiger charge is 2.24. The van der Waals surface area contributed by atoms with E-state index in [9.17, 15) is 4.79 Å². The molecule has 104 valence electrons. The zero-order valence-electron chi connectivity index (χ0n) is 10.9. The fourth-order valence-corrected chi connectivity index (χ4v) is 2.97. The summed E-state index contributed by atoms with van der Waals surface area (Å²) in [5, 5.41) is 0. The first-order valence-electron chi connectivity index (χ1n) is 6.59. The number of aromatic nitrogens is 2. The minimum atomic E-state index is -0.189. The van der Waals surface area contributed by atoms with E-state index in [1.165, 1.54) is 0 Å². The fraction of sp³-hybridized carbons (Fsp3) is 0.357. The van der Waals surface area contributed by atoms with Crippen molar-refractivity contribution in [3.63, 3.8) is 0 Å². The number of anilines is 1. The first kappa shape index (κ1) is 13.3. The molecule has 1 fully saturated rings. The van der Waals surface area contributed by atoms with Crippen LogP contribution in [0.5, 0.6) is 0 Å². The Balaban J connectivity index is 1.90. The Labute approximate surface area is 125 Å². The normalized spacial score (nSPS) is 16.6. The molecule has 2 N–H and O–H groups in total. The van der Waals surface area contributed by atoms with Crippen molar-refractivity contribution in [2.24, 2.45) is 11.7 Å². The number of piperidine rings is 1. The molecule has 3 heterocycles. The van der Waals surface area contributed by atoms with Gasteiger partial charge in [0.25, 0.3) is 0 Å². The van der Waals surface area contributed by atoms with E-state index in [2.05, 4.69) is 30.8 Å². The van der Waals surface area contributed by atoms with E-state index in [4.69, 9.17) is 5.73 Å². The van der Waals surface area contributed by atoms with Crippen LogP contribution in [0.15, 0.2) is 29.0 Å². The van der Waals surface area contributed by atoms with Crippen LogP contribution in [0.1, 0.15) is 12.8 Å². The second-order valence-corrected chi connectivity index (χ2v) is 5.93. The first-order valence-corrected chi connectivity index (χ1v) is 7.39. The van der Waals surface area contributed by atoms with Crippen LogP contribution in [0.3, 0.4) is 0 Å².